The van der Waals surface area contributed by atoms with Crippen molar-refractivity contribution in [3.05, 3.63) is 51.7 Å². The molecule has 1 aromatic carbocycles. The second-order valence-electron chi connectivity index (χ2n) is 3.55. The molecule has 0 aliphatic carbocycles. The second kappa shape index (κ2) is 7.33. The van der Waals surface area contributed by atoms with Crippen molar-refractivity contribution in [2.24, 2.45) is 5.10 Å². The van der Waals surface area contributed by atoms with Crippen molar-refractivity contribution >= 4 is 46.8 Å². The number of amides is 1. The van der Waals surface area contributed by atoms with Crippen molar-refractivity contribution in [2.75, 3.05) is 5.75 Å². The Morgan fingerprint density at radius 1 is 1.37 bits per heavy atom. The third-order valence-electron chi connectivity index (χ3n) is 2.11. The molecule has 0 spiro atoms. The van der Waals surface area contributed by atoms with E-state index in [1.807, 2.05) is 29.6 Å². The highest BCUT2D eigenvalue weighted by molar-refractivity contribution is 8.00. The third-order valence-corrected chi connectivity index (χ3v) is 4.18. The molecule has 0 bridgehead atoms. The highest BCUT2D eigenvalue weighted by Gasteiger charge is 2.01. The van der Waals surface area contributed by atoms with Crippen molar-refractivity contribution in [1.82, 2.24) is 5.43 Å². The van der Waals surface area contributed by atoms with E-state index in [0.717, 1.165) is 9.77 Å². The predicted octanol–water partition coefficient (Wildman–Crippen LogP) is 3.64. The second-order valence-corrected chi connectivity index (χ2v) is 6.02. The lowest BCUT2D eigenvalue weighted by Crippen LogP contribution is -2.19. The smallest absolute Gasteiger partial charge is 0.250 e. The minimum absolute atomic E-state index is 0.132. The fourth-order valence-corrected chi connectivity index (χ4v) is 2.65. The van der Waals surface area contributed by atoms with Gasteiger partial charge in [-0.1, -0.05) is 17.7 Å². The van der Waals surface area contributed by atoms with Gasteiger partial charge in [0, 0.05) is 14.8 Å². The molecule has 0 atom stereocenters. The lowest BCUT2D eigenvalue weighted by molar-refractivity contribution is -0.118. The van der Waals surface area contributed by atoms with Crippen LogP contribution in [-0.2, 0) is 4.79 Å². The van der Waals surface area contributed by atoms with Gasteiger partial charge >= 0.3 is 0 Å². The van der Waals surface area contributed by atoms with E-state index < -0.39 is 0 Å². The van der Waals surface area contributed by atoms with Crippen LogP contribution in [0.4, 0.5) is 0 Å². The number of hydrogen-bond donors (Lipinski definition) is 1. The first-order valence-electron chi connectivity index (χ1n) is 5.48. The van der Waals surface area contributed by atoms with E-state index in [0.29, 0.717) is 10.8 Å². The summed E-state index contributed by atoms with van der Waals surface area (Å²) in [4.78, 5) is 13.6. The summed E-state index contributed by atoms with van der Waals surface area (Å²) in [5.41, 5.74) is 2.49. The number of benzene rings is 1. The summed E-state index contributed by atoms with van der Waals surface area (Å²) < 4.78 is 0. The maximum absolute atomic E-state index is 11.5. The van der Waals surface area contributed by atoms with Crippen molar-refractivity contribution < 1.29 is 4.79 Å². The van der Waals surface area contributed by atoms with Crippen LogP contribution in [0.2, 0.25) is 5.02 Å². The topological polar surface area (TPSA) is 41.5 Å². The van der Waals surface area contributed by atoms with Crippen LogP contribution in [-0.4, -0.2) is 17.9 Å². The Morgan fingerprint density at radius 2 is 2.16 bits per heavy atom. The fourth-order valence-electron chi connectivity index (χ4n) is 1.24. The number of carbonyl (C=O) groups excluding carboxylic acids is 1. The van der Waals surface area contributed by atoms with Crippen molar-refractivity contribution in [2.45, 2.75) is 4.90 Å². The molecule has 98 valence electrons. The molecule has 0 saturated carbocycles. The molecule has 2 rings (SSSR count). The van der Waals surface area contributed by atoms with Crippen LogP contribution in [0.15, 0.2) is 51.8 Å². The van der Waals surface area contributed by atoms with Crippen LogP contribution in [0, 0.1) is 0 Å². The van der Waals surface area contributed by atoms with Crippen molar-refractivity contribution in [3.63, 3.8) is 0 Å². The fraction of sp³-hybridized carbons (Fsp3) is 0.0769. The molecule has 1 aromatic heterocycles. The van der Waals surface area contributed by atoms with Gasteiger partial charge in [-0.2, -0.15) is 5.10 Å². The number of rotatable bonds is 5. The maximum atomic E-state index is 11.5. The van der Waals surface area contributed by atoms with E-state index in [9.17, 15) is 4.79 Å². The highest BCUT2D eigenvalue weighted by atomic mass is 35.5. The van der Waals surface area contributed by atoms with Crippen LogP contribution in [0.1, 0.15) is 4.88 Å². The van der Waals surface area contributed by atoms with Gasteiger partial charge in [-0.3, -0.25) is 4.79 Å². The molecule has 0 fully saturated rings. The summed E-state index contributed by atoms with van der Waals surface area (Å²) in [7, 11) is 0. The van der Waals surface area contributed by atoms with Gasteiger partial charge in [0.25, 0.3) is 0 Å². The van der Waals surface area contributed by atoms with Crippen LogP contribution < -0.4 is 5.43 Å². The maximum Gasteiger partial charge on any atom is 0.250 e. The van der Waals surface area contributed by atoms with E-state index in [1.54, 1.807) is 29.7 Å². The Balaban J connectivity index is 1.74. The van der Waals surface area contributed by atoms with Gasteiger partial charge in [0.2, 0.25) is 5.91 Å². The molecule has 1 heterocycles. The van der Waals surface area contributed by atoms with Crippen molar-refractivity contribution in [1.29, 1.82) is 0 Å². The number of carbonyl (C=O) groups is 1. The molecular formula is C13H11ClN2OS2. The Morgan fingerprint density at radius 3 is 2.84 bits per heavy atom. The summed E-state index contributed by atoms with van der Waals surface area (Å²) in [5.74, 6) is 0.191. The van der Waals surface area contributed by atoms with E-state index in [4.69, 9.17) is 11.6 Å². The number of hydrazone groups is 1. The quantitative estimate of drug-likeness (QED) is 0.520. The van der Waals surface area contributed by atoms with E-state index >= 15 is 0 Å². The zero-order chi connectivity index (χ0) is 13.5. The molecule has 0 aliphatic rings. The number of thiophene rings is 1. The standard InChI is InChI=1S/C13H11ClN2OS2/c14-10-3-5-11(6-4-10)19-9-13(17)16-15-8-12-2-1-7-18-12/h1-8H,9H2,(H,16,17)/b15-8-. The first-order chi connectivity index (χ1) is 9.24. The minimum atomic E-state index is -0.132. The monoisotopic (exact) mass is 310 g/mol. The number of thioether (sulfide) groups is 1. The SMILES string of the molecule is O=C(CSc1ccc(Cl)cc1)N/N=C\c1cccs1. The van der Waals surface area contributed by atoms with Crippen LogP contribution in [0.5, 0.6) is 0 Å². The summed E-state index contributed by atoms with van der Waals surface area (Å²) in [6.45, 7) is 0. The normalized spacial score (nSPS) is 10.8. The summed E-state index contributed by atoms with van der Waals surface area (Å²) in [5, 5.41) is 6.54. The van der Waals surface area contributed by atoms with Gasteiger partial charge in [0.05, 0.1) is 12.0 Å². The average Bonchev–Trinajstić information content (AvgIpc) is 2.91. The Kier molecular flexibility index (Phi) is 5.44. The van der Waals surface area contributed by atoms with Gasteiger partial charge in [-0.15, -0.1) is 23.1 Å². The molecule has 2 aromatic rings. The molecule has 3 nitrogen and oxygen atoms in total. The lowest BCUT2D eigenvalue weighted by atomic mass is 10.4. The van der Waals surface area contributed by atoms with Gasteiger partial charge < -0.3 is 0 Å². The van der Waals surface area contributed by atoms with E-state index in [1.165, 1.54) is 11.8 Å². The number of nitrogens with one attached hydrogen (secondary N) is 1. The molecular weight excluding hydrogens is 300 g/mol. The predicted molar refractivity (Wildman–Crippen MR) is 82.2 cm³/mol. The van der Waals surface area contributed by atoms with Gasteiger partial charge in [-0.05, 0) is 35.7 Å². The Hall–Kier alpha value is -1.30. The number of hydrogen-bond acceptors (Lipinski definition) is 4. The molecule has 0 radical (unpaired) electrons. The number of halogens is 1. The van der Waals surface area contributed by atoms with Gasteiger partial charge in [-0.25, -0.2) is 5.43 Å². The summed E-state index contributed by atoms with van der Waals surface area (Å²) >= 11 is 8.80. The Labute approximate surface area is 124 Å². The van der Waals surface area contributed by atoms with Crippen molar-refractivity contribution in [3.8, 4) is 0 Å². The van der Waals surface area contributed by atoms with Crippen LogP contribution in [0.25, 0.3) is 0 Å². The highest BCUT2D eigenvalue weighted by Crippen LogP contribution is 2.19. The van der Waals surface area contributed by atoms with Crippen LogP contribution >= 0.6 is 34.7 Å². The Bertz CT molecular complexity index is 553. The lowest BCUT2D eigenvalue weighted by Gasteiger charge is -2.00. The van der Waals surface area contributed by atoms with E-state index in [-0.39, 0.29) is 5.91 Å². The molecule has 19 heavy (non-hydrogen) atoms. The minimum Gasteiger partial charge on any atom is -0.272 e. The van der Waals surface area contributed by atoms with Crippen LogP contribution in [0.3, 0.4) is 0 Å². The molecule has 1 amide bonds. The molecule has 0 unspecified atom stereocenters. The average molecular weight is 311 g/mol. The molecule has 0 aliphatic heterocycles. The van der Waals surface area contributed by atoms with Gasteiger partial charge in [0.15, 0.2) is 0 Å². The summed E-state index contributed by atoms with van der Waals surface area (Å²) in [6.07, 6.45) is 1.63. The first kappa shape index (κ1) is 14.1. The number of nitrogens with zero attached hydrogens (tertiary/aromatic N) is 1. The third kappa shape index (κ3) is 5.06. The summed E-state index contributed by atoms with van der Waals surface area (Å²) in [6, 6.07) is 11.2. The largest absolute Gasteiger partial charge is 0.272 e. The van der Waals surface area contributed by atoms with Gasteiger partial charge in [0.1, 0.15) is 0 Å². The van der Waals surface area contributed by atoms with E-state index in [2.05, 4.69) is 10.5 Å². The molecule has 0 saturated heterocycles. The zero-order valence-electron chi connectivity index (χ0n) is 9.88. The molecule has 1 N–H and O–H groups in total. The zero-order valence-corrected chi connectivity index (χ0v) is 12.3. The first-order valence-corrected chi connectivity index (χ1v) is 7.72. The molecule has 6 heteroatoms.